The molecule has 1 heterocycles. The first kappa shape index (κ1) is 8.45. The van der Waals surface area contributed by atoms with E-state index >= 15 is 0 Å². The van der Waals surface area contributed by atoms with Crippen LogP contribution in [-0.2, 0) is 0 Å². The molecule has 68 valence electrons. The van der Waals surface area contributed by atoms with Crippen molar-refractivity contribution < 1.29 is 4.39 Å². The molecule has 0 amide bonds. The van der Waals surface area contributed by atoms with Crippen molar-refractivity contribution in [1.82, 2.24) is 4.98 Å². The predicted octanol–water partition coefficient (Wildman–Crippen LogP) is 1.83. The fourth-order valence-electron chi connectivity index (χ4n) is 1.33. The Labute approximate surface area is 79.6 Å². The number of halogens is 1. The van der Waals surface area contributed by atoms with Crippen molar-refractivity contribution in [2.45, 2.75) is 0 Å². The van der Waals surface area contributed by atoms with Gasteiger partial charge in [-0.2, -0.15) is 5.26 Å². The van der Waals surface area contributed by atoms with Crippen LogP contribution in [0, 0.1) is 17.1 Å². The van der Waals surface area contributed by atoms with Gasteiger partial charge in [-0.3, -0.25) is 0 Å². The largest absolute Gasteiger partial charge is 0.383 e. The molecule has 0 aliphatic rings. The molecule has 0 bridgehead atoms. The topological polar surface area (TPSA) is 62.7 Å². The quantitative estimate of drug-likeness (QED) is 0.684. The number of hydrogen-bond acceptors (Lipinski definition) is 3. The maximum atomic E-state index is 12.9. The molecular weight excluding hydrogens is 181 g/mol. The first-order chi connectivity index (χ1) is 6.72. The molecule has 3 nitrogen and oxygen atoms in total. The van der Waals surface area contributed by atoms with Crippen molar-refractivity contribution in [1.29, 1.82) is 5.26 Å². The van der Waals surface area contributed by atoms with E-state index in [4.69, 9.17) is 11.0 Å². The average Bonchev–Trinajstić information content (AvgIpc) is 2.19. The molecule has 0 spiro atoms. The van der Waals surface area contributed by atoms with E-state index in [2.05, 4.69) is 4.98 Å². The molecule has 2 rings (SSSR count). The van der Waals surface area contributed by atoms with Crippen LogP contribution in [0.5, 0.6) is 0 Å². The van der Waals surface area contributed by atoms with Crippen LogP contribution in [0.15, 0.2) is 24.4 Å². The van der Waals surface area contributed by atoms with Crippen LogP contribution >= 0.6 is 0 Å². The van der Waals surface area contributed by atoms with Crippen LogP contribution in [0.4, 0.5) is 10.2 Å². The van der Waals surface area contributed by atoms with Crippen molar-refractivity contribution >= 4 is 16.6 Å². The van der Waals surface area contributed by atoms with Gasteiger partial charge in [0.15, 0.2) is 0 Å². The Balaban J connectivity index is 2.93. The highest BCUT2D eigenvalue weighted by molar-refractivity contribution is 5.94. The minimum absolute atomic E-state index is 0.235. The fraction of sp³-hybridized carbons (Fsp3) is 0. The van der Waals surface area contributed by atoms with E-state index in [1.165, 1.54) is 24.4 Å². The number of rotatable bonds is 0. The number of pyridine rings is 1. The van der Waals surface area contributed by atoms with E-state index in [-0.39, 0.29) is 11.6 Å². The zero-order valence-corrected chi connectivity index (χ0v) is 7.16. The monoisotopic (exact) mass is 187 g/mol. The molecule has 2 aromatic rings. The minimum Gasteiger partial charge on any atom is -0.383 e. The molecule has 0 aliphatic heterocycles. The molecule has 0 unspecified atom stereocenters. The molecule has 0 fully saturated rings. The maximum absolute atomic E-state index is 12.9. The van der Waals surface area contributed by atoms with Crippen LogP contribution in [0.3, 0.4) is 0 Å². The van der Waals surface area contributed by atoms with Crippen LogP contribution < -0.4 is 5.73 Å². The molecule has 2 N–H and O–H groups in total. The summed E-state index contributed by atoms with van der Waals surface area (Å²) in [6.45, 7) is 0. The van der Waals surface area contributed by atoms with Gasteiger partial charge in [0.1, 0.15) is 17.7 Å². The lowest BCUT2D eigenvalue weighted by molar-refractivity contribution is 0.629. The van der Waals surface area contributed by atoms with Crippen molar-refractivity contribution in [3.63, 3.8) is 0 Å². The molecule has 4 heteroatoms. The maximum Gasteiger partial charge on any atom is 0.131 e. The Kier molecular flexibility index (Phi) is 1.79. The summed E-state index contributed by atoms with van der Waals surface area (Å²) in [7, 11) is 0. The molecule has 0 atom stereocenters. The summed E-state index contributed by atoms with van der Waals surface area (Å²) < 4.78 is 12.9. The Morgan fingerprint density at radius 2 is 2.14 bits per heavy atom. The standard InChI is InChI=1S/C10H6FN3/c11-7-1-2-8-6(4-12)5-14-10(13)9(8)3-7/h1-3,5H,(H2,13,14). The third-order valence-corrected chi connectivity index (χ3v) is 2.00. The molecule has 14 heavy (non-hydrogen) atoms. The second-order valence-electron chi connectivity index (χ2n) is 2.86. The smallest absolute Gasteiger partial charge is 0.131 e. The summed E-state index contributed by atoms with van der Waals surface area (Å²) >= 11 is 0. The Morgan fingerprint density at radius 3 is 2.86 bits per heavy atom. The summed E-state index contributed by atoms with van der Waals surface area (Å²) in [6.07, 6.45) is 1.38. The number of nitrogens with zero attached hydrogens (tertiary/aromatic N) is 2. The van der Waals surface area contributed by atoms with Gasteiger partial charge in [-0.1, -0.05) is 0 Å². The molecule has 0 aliphatic carbocycles. The van der Waals surface area contributed by atoms with Crippen molar-refractivity contribution in [2.75, 3.05) is 5.73 Å². The molecule has 0 saturated carbocycles. The van der Waals surface area contributed by atoms with Gasteiger partial charge in [0.05, 0.1) is 5.56 Å². The van der Waals surface area contributed by atoms with Crippen LogP contribution in [0.1, 0.15) is 5.56 Å². The van der Waals surface area contributed by atoms with Crippen molar-refractivity contribution in [2.24, 2.45) is 0 Å². The normalized spacial score (nSPS) is 10.0. The van der Waals surface area contributed by atoms with Crippen molar-refractivity contribution in [3.8, 4) is 6.07 Å². The van der Waals surface area contributed by atoms with E-state index in [0.29, 0.717) is 16.3 Å². The first-order valence-electron chi connectivity index (χ1n) is 3.96. The van der Waals surface area contributed by atoms with E-state index in [9.17, 15) is 4.39 Å². The minimum atomic E-state index is -0.388. The third kappa shape index (κ3) is 1.15. The van der Waals surface area contributed by atoms with Gasteiger partial charge in [0, 0.05) is 17.0 Å². The van der Waals surface area contributed by atoms with E-state index in [0.717, 1.165) is 0 Å². The number of nitrogens with two attached hydrogens (primary N) is 1. The second kappa shape index (κ2) is 2.96. The zero-order valence-electron chi connectivity index (χ0n) is 7.16. The summed E-state index contributed by atoms with van der Waals surface area (Å²) in [5.74, 6) is -0.153. The Bertz CT molecular complexity index is 543. The molecule has 0 radical (unpaired) electrons. The van der Waals surface area contributed by atoms with Gasteiger partial charge < -0.3 is 5.73 Å². The Hall–Kier alpha value is -2.15. The van der Waals surface area contributed by atoms with Gasteiger partial charge in [0.25, 0.3) is 0 Å². The molecule has 1 aromatic carbocycles. The van der Waals surface area contributed by atoms with E-state index in [1.54, 1.807) is 0 Å². The average molecular weight is 187 g/mol. The predicted molar refractivity (Wildman–Crippen MR) is 50.8 cm³/mol. The number of nitriles is 1. The van der Waals surface area contributed by atoms with Gasteiger partial charge in [-0.25, -0.2) is 9.37 Å². The van der Waals surface area contributed by atoms with Gasteiger partial charge >= 0.3 is 0 Å². The van der Waals surface area contributed by atoms with Crippen LogP contribution in [-0.4, -0.2) is 4.98 Å². The molecule has 0 saturated heterocycles. The SMILES string of the molecule is N#Cc1cnc(N)c2cc(F)ccc12. The van der Waals surface area contributed by atoms with Crippen molar-refractivity contribution in [3.05, 3.63) is 35.8 Å². The first-order valence-corrected chi connectivity index (χ1v) is 3.96. The second-order valence-corrected chi connectivity index (χ2v) is 2.86. The molecular formula is C10H6FN3. The van der Waals surface area contributed by atoms with E-state index < -0.39 is 0 Å². The highest BCUT2D eigenvalue weighted by Gasteiger charge is 2.05. The zero-order chi connectivity index (χ0) is 10.1. The van der Waals surface area contributed by atoms with Gasteiger partial charge in [-0.15, -0.1) is 0 Å². The van der Waals surface area contributed by atoms with Crippen LogP contribution in [0.25, 0.3) is 10.8 Å². The van der Waals surface area contributed by atoms with Gasteiger partial charge in [0.2, 0.25) is 0 Å². The number of nitrogen functional groups attached to an aromatic ring is 1. The third-order valence-electron chi connectivity index (χ3n) is 2.00. The summed E-state index contributed by atoms with van der Waals surface area (Å²) in [5.41, 5.74) is 5.96. The number of fused-ring (bicyclic) bond motifs is 1. The Morgan fingerprint density at radius 1 is 1.36 bits per heavy atom. The van der Waals surface area contributed by atoms with Gasteiger partial charge in [-0.05, 0) is 18.2 Å². The summed E-state index contributed by atoms with van der Waals surface area (Å²) in [4.78, 5) is 3.81. The summed E-state index contributed by atoms with van der Waals surface area (Å²) in [5, 5.41) is 9.87. The van der Waals surface area contributed by atoms with E-state index in [1.807, 2.05) is 6.07 Å². The fourth-order valence-corrected chi connectivity index (χ4v) is 1.33. The number of benzene rings is 1. The lowest BCUT2D eigenvalue weighted by atomic mass is 10.1. The number of hydrogen-bond donors (Lipinski definition) is 1. The molecule has 1 aromatic heterocycles. The van der Waals surface area contributed by atoms with Crippen LogP contribution in [0.2, 0.25) is 0 Å². The lowest BCUT2D eigenvalue weighted by Crippen LogP contribution is -1.93. The highest BCUT2D eigenvalue weighted by Crippen LogP contribution is 2.22. The lowest BCUT2D eigenvalue weighted by Gasteiger charge is -2.02. The highest BCUT2D eigenvalue weighted by atomic mass is 19.1. The summed E-state index contributed by atoms with van der Waals surface area (Å²) in [6, 6.07) is 6.08. The number of anilines is 1. The number of aromatic nitrogens is 1.